The molecular formula is C48H30N2OS2. The number of para-hydroxylation sites is 3. The molecule has 3 aromatic heterocycles. The summed E-state index contributed by atoms with van der Waals surface area (Å²) in [6, 6.07) is 65.5. The first-order valence-electron chi connectivity index (χ1n) is 17.7. The third kappa shape index (κ3) is 5.01. The van der Waals surface area contributed by atoms with Crippen molar-refractivity contribution >= 4 is 119 Å². The van der Waals surface area contributed by atoms with Gasteiger partial charge in [-0.1, -0.05) is 78.9 Å². The van der Waals surface area contributed by atoms with Gasteiger partial charge in [0.2, 0.25) is 0 Å². The van der Waals surface area contributed by atoms with Crippen molar-refractivity contribution in [2.45, 2.75) is 0 Å². The van der Waals surface area contributed by atoms with E-state index in [1.54, 1.807) is 0 Å². The number of hydrogen-bond acceptors (Lipinski definition) is 5. The zero-order valence-corrected chi connectivity index (χ0v) is 30.1. The molecule has 0 saturated heterocycles. The van der Waals surface area contributed by atoms with Crippen LogP contribution in [0.4, 0.5) is 34.1 Å². The number of furan rings is 1. The third-order valence-electron chi connectivity index (χ3n) is 10.2. The highest BCUT2D eigenvalue weighted by Crippen LogP contribution is 2.45. The van der Waals surface area contributed by atoms with Crippen LogP contribution in [0.1, 0.15) is 0 Å². The maximum atomic E-state index is 6.33. The molecular weight excluding hydrogens is 685 g/mol. The Morgan fingerprint density at radius 2 is 0.736 bits per heavy atom. The Hall–Kier alpha value is -6.40. The molecule has 0 saturated carbocycles. The first-order chi connectivity index (χ1) is 26.2. The molecule has 250 valence electrons. The predicted octanol–water partition coefficient (Wildman–Crippen LogP) is 15.3. The molecule has 3 nitrogen and oxygen atoms in total. The molecule has 0 aliphatic carbocycles. The van der Waals surface area contributed by atoms with Gasteiger partial charge in [0.25, 0.3) is 0 Å². The van der Waals surface area contributed by atoms with Gasteiger partial charge in [0.15, 0.2) is 0 Å². The van der Waals surface area contributed by atoms with Gasteiger partial charge >= 0.3 is 0 Å². The Bertz CT molecular complexity index is 3140. The summed E-state index contributed by atoms with van der Waals surface area (Å²) in [4.78, 5) is 4.71. The van der Waals surface area contributed by atoms with E-state index in [4.69, 9.17) is 4.42 Å². The lowest BCUT2D eigenvalue weighted by molar-refractivity contribution is 0.669. The SMILES string of the molecule is c1ccc(N(c2ccc3c(c2)sc2ccc(N(c4ccccc4)c4ccc5c(c4)oc4ccccc45)cc23)c2ccc3sc4ccccc4c3c2)cc1. The predicted molar refractivity (Wildman–Crippen MR) is 229 cm³/mol. The number of nitrogens with zero attached hydrogens (tertiary/aromatic N) is 2. The summed E-state index contributed by atoms with van der Waals surface area (Å²) in [6.45, 7) is 0. The molecule has 0 amide bonds. The van der Waals surface area contributed by atoms with Gasteiger partial charge < -0.3 is 14.2 Å². The number of benzene rings is 8. The Morgan fingerprint density at radius 3 is 1.42 bits per heavy atom. The summed E-state index contributed by atoms with van der Waals surface area (Å²) in [5.41, 5.74) is 8.46. The monoisotopic (exact) mass is 714 g/mol. The maximum absolute atomic E-state index is 6.33. The standard InChI is InChI=1S/C48H30N2OS2/c1-3-11-31(12-4-1)49(35-19-23-38-37-15-7-9-17-43(37)51-44(38)29-35)33-22-26-47-42(28-33)40-24-20-36(30-48(40)53-47)50(32-13-5-2-6-14-32)34-21-25-46-41(27-34)39-16-8-10-18-45(39)52-46/h1-30H. The number of fused-ring (bicyclic) bond motifs is 9. The molecule has 3 heterocycles. The van der Waals surface area contributed by atoms with Crippen LogP contribution < -0.4 is 9.80 Å². The van der Waals surface area contributed by atoms with E-state index < -0.39 is 0 Å². The van der Waals surface area contributed by atoms with Gasteiger partial charge in [0.05, 0.1) is 0 Å². The van der Waals surface area contributed by atoms with E-state index in [0.29, 0.717) is 0 Å². The summed E-state index contributed by atoms with van der Waals surface area (Å²) in [5, 5.41) is 7.36. The zero-order chi connectivity index (χ0) is 34.9. The van der Waals surface area contributed by atoms with Gasteiger partial charge in [0.1, 0.15) is 11.2 Å². The Labute approximate surface area is 313 Å². The lowest BCUT2D eigenvalue weighted by atomic mass is 10.1. The molecule has 0 atom stereocenters. The van der Waals surface area contributed by atoms with Gasteiger partial charge in [-0.15, -0.1) is 22.7 Å². The van der Waals surface area contributed by atoms with E-state index in [9.17, 15) is 0 Å². The van der Waals surface area contributed by atoms with Gasteiger partial charge in [-0.2, -0.15) is 0 Å². The maximum Gasteiger partial charge on any atom is 0.137 e. The fourth-order valence-corrected chi connectivity index (χ4v) is 9.99. The van der Waals surface area contributed by atoms with Crippen molar-refractivity contribution in [2.75, 3.05) is 9.80 Å². The Kier molecular flexibility index (Phi) is 6.90. The average molecular weight is 715 g/mol. The van der Waals surface area contributed by atoms with E-state index >= 15 is 0 Å². The lowest BCUT2D eigenvalue weighted by Crippen LogP contribution is -2.09. The first-order valence-corrected chi connectivity index (χ1v) is 19.4. The summed E-state index contributed by atoms with van der Waals surface area (Å²) >= 11 is 3.70. The molecule has 5 heteroatoms. The fraction of sp³-hybridized carbons (Fsp3) is 0. The molecule has 0 aliphatic heterocycles. The van der Waals surface area contributed by atoms with Gasteiger partial charge in [-0.3, -0.25) is 0 Å². The van der Waals surface area contributed by atoms with Crippen molar-refractivity contribution < 1.29 is 4.42 Å². The van der Waals surface area contributed by atoms with E-state index in [0.717, 1.165) is 56.1 Å². The van der Waals surface area contributed by atoms with Crippen LogP contribution in [-0.2, 0) is 0 Å². The average Bonchev–Trinajstić information content (AvgIpc) is 3.89. The van der Waals surface area contributed by atoms with Crippen molar-refractivity contribution in [2.24, 2.45) is 0 Å². The Balaban J connectivity index is 1.04. The minimum absolute atomic E-state index is 0.883. The molecule has 0 radical (unpaired) electrons. The highest BCUT2D eigenvalue weighted by Gasteiger charge is 2.19. The Morgan fingerprint density at radius 1 is 0.283 bits per heavy atom. The smallest absolute Gasteiger partial charge is 0.137 e. The normalized spacial score (nSPS) is 11.8. The third-order valence-corrected chi connectivity index (χ3v) is 12.5. The molecule has 53 heavy (non-hydrogen) atoms. The topological polar surface area (TPSA) is 19.6 Å². The lowest BCUT2D eigenvalue weighted by Gasteiger charge is -2.26. The van der Waals surface area contributed by atoms with Gasteiger partial charge in [-0.25, -0.2) is 0 Å². The van der Waals surface area contributed by atoms with Crippen molar-refractivity contribution in [3.63, 3.8) is 0 Å². The summed E-state index contributed by atoms with van der Waals surface area (Å²) in [6.07, 6.45) is 0. The van der Waals surface area contributed by atoms with Crippen molar-refractivity contribution in [1.82, 2.24) is 0 Å². The van der Waals surface area contributed by atoms with Crippen molar-refractivity contribution in [1.29, 1.82) is 0 Å². The summed E-state index contributed by atoms with van der Waals surface area (Å²) in [7, 11) is 0. The van der Waals surface area contributed by atoms with Crippen LogP contribution >= 0.6 is 22.7 Å². The van der Waals surface area contributed by atoms with Crippen molar-refractivity contribution in [3.05, 3.63) is 182 Å². The largest absolute Gasteiger partial charge is 0.456 e. The number of thiophene rings is 2. The molecule has 0 aliphatic rings. The van der Waals surface area contributed by atoms with Crippen molar-refractivity contribution in [3.8, 4) is 0 Å². The second-order valence-corrected chi connectivity index (χ2v) is 15.5. The second kappa shape index (κ2) is 12.1. The van der Waals surface area contributed by atoms with Crippen LogP contribution in [0.2, 0.25) is 0 Å². The number of anilines is 6. The molecule has 0 bridgehead atoms. The van der Waals surface area contributed by atoms with Crippen LogP contribution in [0.15, 0.2) is 186 Å². The van der Waals surface area contributed by atoms with Crippen LogP contribution in [0.3, 0.4) is 0 Å². The van der Waals surface area contributed by atoms with Gasteiger partial charge in [-0.05, 0) is 97.1 Å². The zero-order valence-electron chi connectivity index (χ0n) is 28.4. The first kappa shape index (κ1) is 30.2. The number of hydrogen-bond donors (Lipinski definition) is 0. The van der Waals surface area contributed by atoms with Crippen LogP contribution in [0.5, 0.6) is 0 Å². The minimum atomic E-state index is 0.883. The summed E-state index contributed by atoms with van der Waals surface area (Å²) in [5.74, 6) is 0. The van der Waals surface area contributed by atoms with E-state index in [1.807, 2.05) is 34.8 Å². The summed E-state index contributed by atoms with van der Waals surface area (Å²) < 4.78 is 11.5. The molecule has 11 aromatic rings. The second-order valence-electron chi connectivity index (χ2n) is 13.4. The quantitative estimate of drug-likeness (QED) is 0.171. The minimum Gasteiger partial charge on any atom is -0.456 e. The van der Waals surface area contributed by atoms with Crippen LogP contribution in [0.25, 0.3) is 62.3 Å². The fourth-order valence-electron chi connectivity index (χ4n) is 7.79. The molecule has 8 aromatic carbocycles. The van der Waals surface area contributed by atoms with Gasteiger partial charge in [0, 0.05) is 91.3 Å². The van der Waals surface area contributed by atoms with E-state index in [1.165, 1.54) is 40.3 Å². The molecule has 0 unspecified atom stereocenters. The van der Waals surface area contributed by atoms with Crippen LogP contribution in [0, 0.1) is 0 Å². The molecule has 0 spiro atoms. The van der Waals surface area contributed by atoms with Crippen LogP contribution in [-0.4, -0.2) is 0 Å². The molecule has 11 rings (SSSR count). The highest BCUT2D eigenvalue weighted by molar-refractivity contribution is 7.26. The number of rotatable bonds is 6. The molecule has 0 fully saturated rings. The highest BCUT2D eigenvalue weighted by atomic mass is 32.1. The van der Waals surface area contributed by atoms with E-state index in [2.05, 4.69) is 180 Å². The van der Waals surface area contributed by atoms with E-state index in [-0.39, 0.29) is 0 Å². The molecule has 0 N–H and O–H groups in total.